The average molecular weight is 233 g/mol. The highest BCUT2D eigenvalue weighted by molar-refractivity contribution is 7.98. The van der Waals surface area contributed by atoms with Gasteiger partial charge in [0.2, 0.25) is 5.88 Å². The van der Waals surface area contributed by atoms with E-state index in [9.17, 15) is 0 Å². The van der Waals surface area contributed by atoms with Crippen molar-refractivity contribution in [3.8, 4) is 17.4 Å². The van der Waals surface area contributed by atoms with Gasteiger partial charge in [-0.05, 0) is 36.6 Å². The minimum absolute atomic E-state index is 0.220. The quantitative estimate of drug-likeness (QED) is 0.826. The molecule has 1 aromatic carbocycles. The van der Waals surface area contributed by atoms with Gasteiger partial charge in [-0.3, -0.25) is 0 Å². The molecule has 0 saturated heterocycles. The number of benzene rings is 1. The molecule has 0 aliphatic rings. The molecular formula is C12H11NO2S. The molecule has 16 heavy (non-hydrogen) atoms. The van der Waals surface area contributed by atoms with Gasteiger partial charge in [-0.25, -0.2) is 4.98 Å². The summed E-state index contributed by atoms with van der Waals surface area (Å²) in [4.78, 5) is 5.26. The van der Waals surface area contributed by atoms with Crippen LogP contribution in [-0.4, -0.2) is 16.3 Å². The van der Waals surface area contributed by atoms with E-state index in [0.717, 1.165) is 4.90 Å². The molecular weight excluding hydrogens is 222 g/mol. The van der Waals surface area contributed by atoms with E-state index in [1.807, 2.05) is 18.4 Å². The zero-order valence-electron chi connectivity index (χ0n) is 8.75. The normalized spacial score (nSPS) is 10.1. The van der Waals surface area contributed by atoms with Gasteiger partial charge >= 0.3 is 0 Å². The Morgan fingerprint density at radius 2 is 1.88 bits per heavy atom. The van der Waals surface area contributed by atoms with E-state index in [4.69, 9.17) is 9.84 Å². The van der Waals surface area contributed by atoms with Crippen molar-refractivity contribution in [2.75, 3.05) is 6.26 Å². The van der Waals surface area contributed by atoms with Crippen LogP contribution in [0, 0.1) is 0 Å². The van der Waals surface area contributed by atoms with Crippen LogP contribution in [-0.2, 0) is 0 Å². The molecule has 82 valence electrons. The van der Waals surface area contributed by atoms with Crippen molar-refractivity contribution in [1.29, 1.82) is 0 Å². The van der Waals surface area contributed by atoms with Gasteiger partial charge in [0.1, 0.15) is 11.5 Å². The number of pyridine rings is 1. The number of hydrogen-bond acceptors (Lipinski definition) is 4. The van der Waals surface area contributed by atoms with E-state index in [2.05, 4.69) is 4.98 Å². The molecule has 0 fully saturated rings. The van der Waals surface area contributed by atoms with Gasteiger partial charge in [-0.15, -0.1) is 11.8 Å². The largest absolute Gasteiger partial charge is 0.508 e. The molecule has 0 radical (unpaired) electrons. The molecule has 1 heterocycles. The number of thioether (sulfide) groups is 1. The second-order valence-electron chi connectivity index (χ2n) is 3.13. The Balaban J connectivity index is 2.11. The van der Waals surface area contributed by atoms with E-state index >= 15 is 0 Å². The van der Waals surface area contributed by atoms with Crippen LogP contribution in [0.2, 0.25) is 0 Å². The van der Waals surface area contributed by atoms with Gasteiger partial charge in [0, 0.05) is 17.2 Å². The molecule has 0 aliphatic heterocycles. The van der Waals surface area contributed by atoms with Gasteiger partial charge in [0.05, 0.1) is 0 Å². The number of aromatic nitrogens is 1. The predicted octanol–water partition coefficient (Wildman–Crippen LogP) is 3.30. The number of hydrogen-bond donors (Lipinski definition) is 1. The van der Waals surface area contributed by atoms with E-state index < -0.39 is 0 Å². The smallest absolute Gasteiger partial charge is 0.219 e. The number of rotatable bonds is 3. The Hall–Kier alpha value is -1.68. The third-order valence-electron chi connectivity index (χ3n) is 2.00. The molecule has 2 aromatic rings. The second kappa shape index (κ2) is 4.90. The average Bonchev–Trinajstić information content (AvgIpc) is 2.33. The molecule has 4 heteroatoms. The molecule has 0 unspecified atom stereocenters. The van der Waals surface area contributed by atoms with Crippen LogP contribution in [0.4, 0.5) is 0 Å². The topological polar surface area (TPSA) is 42.4 Å². The van der Waals surface area contributed by atoms with E-state index in [1.54, 1.807) is 42.2 Å². The lowest BCUT2D eigenvalue weighted by Gasteiger charge is -2.04. The summed E-state index contributed by atoms with van der Waals surface area (Å²) in [5, 5.41) is 9.12. The fourth-order valence-electron chi connectivity index (χ4n) is 1.18. The molecule has 0 saturated carbocycles. The molecule has 0 amide bonds. The first-order valence-corrected chi connectivity index (χ1v) is 5.97. The van der Waals surface area contributed by atoms with Crippen molar-refractivity contribution in [1.82, 2.24) is 4.98 Å². The summed E-state index contributed by atoms with van der Waals surface area (Å²) < 4.78 is 5.50. The number of ether oxygens (including phenoxy) is 1. The lowest BCUT2D eigenvalue weighted by molar-refractivity contribution is 0.453. The summed E-state index contributed by atoms with van der Waals surface area (Å²) in [5.74, 6) is 1.42. The molecule has 0 aliphatic carbocycles. The summed E-state index contributed by atoms with van der Waals surface area (Å²) in [6.45, 7) is 0. The maximum atomic E-state index is 9.12. The fourth-order valence-corrected chi connectivity index (χ4v) is 1.55. The van der Waals surface area contributed by atoms with Gasteiger partial charge in [0.15, 0.2) is 0 Å². The third-order valence-corrected chi connectivity index (χ3v) is 2.72. The number of nitrogens with zero attached hydrogens (tertiary/aromatic N) is 1. The van der Waals surface area contributed by atoms with Crippen LogP contribution < -0.4 is 4.74 Å². The van der Waals surface area contributed by atoms with Gasteiger partial charge in [0.25, 0.3) is 0 Å². The number of aromatic hydroxyl groups is 1. The van der Waals surface area contributed by atoms with Crippen LogP contribution in [0.3, 0.4) is 0 Å². The Morgan fingerprint density at radius 3 is 2.44 bits per heavy atom. The van der Waals surface area contributed by atoms with Gasteiger partial charge in [-0.2, -0.15) is 0 Å². The summed E-state index contributed by atoms with van der Waals surface area (Å²) in [6.07, 6.45) is 3.76. The van der Waals surface area contributed by atoms with Crippen LogP contribution in [0.1, 0.15) is 0 Å². The first-order valence-electron chi connectivity index (χ1n) is 4.75. The molecule has 0 bridgehead atoms. The first-order chi connectivity index (χ1) is 7.78. The monoisotopic (exact) mass is 233 g/mol. The summed E-state index contributed by atoms with van der Waals surface area (Å²) in [5.41, 5.74) is 0. The highest BCUT2D eigenvalue weighted by Gasteiger charge is 1.98. The van der Waals surface area contributed by atoms with E-state index in [0.29, 0.717) is 11.6 Å². The standard InChI is InChI=1S/C12H11NO2S/c1-16-11-6-7-12(13-8-11)15-10-4-2-9(14)3-5-10/h2-8,14H,1H3. The highest BCUT2D eigenvalue weighted by atomic mass is 32.2. The number of phenols is 1. The Labute approximate surface area is 98.1 Å². The van der Waals surface area contributed by atoms with Crippen molar-refractivity contribution in [2.24, 2.45) is 0 Å². The van der Waals surface area contributed by atoms with Crippen LogP contribution >= 0.6 is 11.8 Å². The Bertz CT molecular complexity index is 453. The van der Waals surface area contributed by atoms with Gasteiger partial charge < -0.3 is 9.84 Å². The Morgan fingerprint density at radius 1 is 1.12 bits per heavy atom. The number of phenolic OH excluding ortho intramolecular Hbond substituents is 1. The molecule has 1 aromatic heterocycles. The van der Waals surface area contributed by atoms with Crippen LogP contribution in [0.5, 0.6) is 17.4 Å². The Kier molecular flexibility index (Phi) is 3.31. The van der Waals surface area contributed by atoms with Crippen LogP contribution in [0.15, 0.2) is 47.5 Å². The van der Waals surface area contributed by atoms with Gasteiger partial charge in [-0.1, -0.05) is 0 Å². The summed E-state index contributed by atoms with van der Waals surface area (Å²) >= 11 is 1.63. The first kappa shape index (κ1) is 10.8. The molecule has 1 N–H and O–H groups in total. The van der Waals surface area contributed by atoms with E-state index in [-0.39, 0.29) is 5.75 Å². The lowest BCUT2D eigenvalue weighted by atomic mass is 10.3. The van der Waals surface area contributed by atoms with Crippen molar-refractivity contribution >= 4 is 11.8 Å². The van der Waals surface area contributed by atoms with Crippen molar-refractivity contribution in [3.05, 3.63) is 42.6 Å². The second-order valence-corrected chi connectivity index (χ2v) is 4.01. The zero-order chi connectivity index (χ0) is 11.4. The van der Waals surface area contributed by atoms with Crippen molar-refractivity contribution < 1.29 is 9.84 Å². The molecule has 0 atom stereocenters. The zero-order valence-corrected chi connectivity index (χ0v) is 9.57. The molecule has 0 spiro atoms. The molecule has 2 rings (SSSR count). The van der Waals surface area contributed by atoms with Crippen molar-refractivity contribution in [3.63, 3.8) is 0 Å². The maximum absolute atomic E-state index is 9.12. The van der Waals surface area contributed by atoms with E-state index in [1.165, 1.54) is 0 Å². The molecule has 3 nitrogen and oxygen atoms in total. The lowest BCUT2D eigenvalue weighted by Crippen LogP contribution is -1.87. The highest BCUT2D eigenvalue weighted by Crippen LogP contribution is 2.23. The SMILES string of the molecule is CSc1ccc(Oc2ccc(O)cc2)nc1. The fraction of sp³-hybridized carbons (Fsp3) is 0.0833. The summed E-state index contributed by atoms with van der Waals surface area (Å²) in [6, 6.07) is 10.3. The van der Waals surface area contributed by atoms with Crippen LogP contribution in [0.25, 0.3) is 0 Å². The minimum atomic E-state index is 0.220. The maximum Gasteiger partial charge on any atom is 0.219 e. The third kappa shape index (κ3) is 2.67. The summed E-state index contributed by atoms with van der Waals surface area (Å²) in [7, 11) is 0. The predicted molar refractivity (Wildman–Crippen MR) is 64.2 cm³/mol. The minimum Gasteiger partial charge on any atom is -0.508 e. The van der Waals surface area contributed by atoms with Crippen molar-refractivity contribution in [2.45, 2.75) is 4.90 Å².